The summed E-state index contributed by atoms with van der Waals surface area (Å²) >= 11 is 0. The quantitative estimate of drug-likeness (QED) is 0.465. The van der Waals surface area contributed by atoms with Gasteiger partial charge in [0.2, 0.25) is 5.89 Å². The van der Waals surface area contributed by atoms with E-state index < -0.39 is 0 Å². The lowest BCUT2D eigenvalue weighted by molar-refractivity contribution is 0.267. The summed E-state index contributed by atoms with van der Waals surface area (Å²) in [5.41, 5.74) is 2.29. The molecule has 3 aromatic carbocycles. The standard InChI is InChI=1S/C23H22N2O2/c1-23(2,3)18-13-11-17(12-14-18)22-25-24-21(27-22)15-26-20-10-6-8-16-7-4-5-9-19(16)20/h4-14H,15H2,1-3H3. The van der Waals surface area contributed by atoms with Crippen LogP contribution in [0.5, 0.6) is 5.75 Å². The molecule has 0 aliphatic carbocycles. The van der Waals surface area contributed by atoms with Gasteiger partial charge >= 0.3 is 0 Å². The molecule has 0 saturated carbocycles. The van der Waals surface area contributed by atoms with Crippen molar-refractivity contribution in [3.05, 3.63) is 78.2 Å². The number of fused-ring (bicyclic) bond motifs is 1. The van der Waals surface area contributed by atoms with Gasteiger partial charge < -0.3 is 9.15 Å². The molecule has 27 heavy (non-hydrogen) atoms. The molecule has 0 spiro atoms. The average molecular weight is 358 g/mol. The molecule has 0 aliphatic rings. The minimum atomic E-state index is 0.116. The largest absolute Gasteiger partial charge is 0.483 e. The van der Waals surface area contributed by atoms with E-state index in [1.807, 2.05) is 42.5 Å². The van der Waals surface area contributed by atoms with Crippen LogP contribution in [0.25, 0.3) is 22.2 Å². The summed E-state index contributed by atoms with van der Waals surface area (Å²) in [5.74, 6) is 1.77. The lowest BCUT2D eigenvalue weighted by atomic mass is 9.87. The molecule has 4 rings (SSSR count). The third-order valence-corrected chi connectivity index (χ3v) is 4.57. The Labute approximate surface area is 158 Å². The molecule has 0 amide bonds. The van der Waals surface area contributed by atoms with E-state index in [0.717, 1.165) is 22.1 Å². The average Bonchev–Trinajstić information content (AvgIpc) is 3.15. The Balaban J connectivity index is 1.50. The third-order valence-electron chi connectivity index (χ3n) is 4.57. The fraction of sp³-hybridized carbons (Fsp3) is 0.217. The highest BCUT2D eigenvalue weighted by atomic mass is 16.5. The number of hydrogen-bond donors (Lipinski definition) is 0. The van der Waals surface area contributed by atoms with Crippen molar-refractivity contribution < 1.29 is 9.15 Å². The van der Waals surface area contributed by atoms with Crippen molar-refractivity contribution in [3.8, 4) is 17.2 Å². The van der Waals surface area contributed by atoms with Gasteiger partial charge in [0.1, 0.15) is 5.75 Å². The molecule has 0 N–H and O–H groups in total. The minimum absolute atomic E-state index is 0.116. The summed E-state index contributed by atoms with van der Waals surface area (Å²) in [5, 5.41) is 10.5. The van der Waals surface area contributed by atoms with Crippen molar-refractivity contribution in [1.82, 2.24) is 10.2 Å². The minimum Gasteiger partial charge on any atom is -0.483 e. The Morgan fingerprint density at radius 3 is 2.37 bits per heavy atom. The zero-order chi connectivity index (χ0) is 18.9. The van der Waals surface area contributed by atoms with Gasteiger partial charge in [-0.15, -0.1) is 10.2 Å². The number of rotatable bonds is 4. The Morgan fingerprint density at radius 2 is 1.59 bits per heavy atom. The van der Waals surface area contributed by atoms with Crippen molar-refractivity contribution in [2.45, 2.75) is 32.8 Å². The number of hydrogen-bond acceptors (Lipinski definition) is 4. The van der Waals surface area contributed by atoms with Crippen molar-refractivity contribution in [3.63, 3.8) is 0 Å². The first-order valence-electron chi connectivity index (χ1n) is 9.04. The van der Waals surface area contributed by atoms with Crippen molar-refractivity contribution >= 4 is 10.8 Å². The summed E-state index contributed by atoms with van der Waals surface area (Å²) in [7, 11) is 0. The highest BCUT2D eigenvalue weighted by molar-refractivity contribution is 5.88. The molecule has 1 aromatic heterocycles. The summed E-state index contributed by atoms with van der Waals surface area (Å²) in [6.45, 7) is 6.81. The number of benzene rings is 3. The van der Waals surface area contributed by atoms with E-state index in [2.05, 4.69) is 55.2 Å². The Hall–Kier alpha value is -3.14. The van der Waals surface area contributed by atoms with Crippen LogP contribution < -0.4 is 4.74 Å². The van der Waals surface area contributed by atoms with E-state index in [1.54, 1.807) is 0 Å². The van der Waals surface area contributed by atoms with Crippen LogP contribution in [0.1, 0.15) is 32.2 Å². The van der Waals surface area contributed by atoms with Gasteiger partial charge in [-0.1, -0.05) is 69.3 Å². The Morgan fingerprint density at radius 1 is 0.852 bits per heavy atom. The Kier molecular flexibility index (Phi) is 4.40. The van der Waals surface area contributed by atoms with Crippen LogP contribution in [0.15, 0.2) is 71.1 Å². The first-order valence-corrected chi connectivity index (χ1v) is 9.04. The van der Waals surface area contributed by atoms with Gasteiger partial charge in [0.05, 0.1) is 0 Å². The van der Waals surface area contributed by atoms with Crippen molar-refractivity contribution in [2.24, 2.45) is 0 Å². The predicted molar refractivity (Wildman–Crippen MR) is 107 cm³/mol. The van der Waals surface area contributed by atoms with Crippen LogP contribution in [0.2, 0.25) is 0 Å². The molecule has 0 saturated heterocycles. The third kappa shape index (κ3) is 3.70. The molecular formula is C23H22N2O2. The van der Waals surface area contributed by atoms with Crippen molar-refractivity contribution in [2.75, 3.05) is 0 Å². The molecule has 0 bridgehead atoms. The summed E-state index contributed by atoms with van der Waals surface area (Å²) in [4.78, 5) is 0. The second kappa shape index (κ2) is 6.88. The maximum absolute atomic E-state index is 5.92. The predicted octanol–water partition coefficient (Wildman–Crippen LogP) is 5.77. The van der Waals surface area contributed by atoms with Crippen LogP contribution in [-0.4, -0.2) is 10.2 Å². The maximum Gasteiger partial charge on any atom is 0.254 e. The van der Waals surface area contributed by atoms with Gasteiger partial charge in [-0.05, 0) is 34.6 Å². The maximum atomic E-state index is 5.92. The highest BCUT2D eigenvalue weighted by Gasteiger charge is 2.15. The molecule has 0 radical (unpaired) electrons. The van der Waals surface area contributed by atoms with Crippen LogP contribution in [0, 0.1) is 0 Å². The fourth-order valence-electron chi connectivity index (χ4n) is 3.00. The molecule has 1 heterocycles. The van der Waals surface area contributed by atoms with E-state index in [0.29, 0.717) is 11.8 Å². The topological polar surface area (TPSA) is 48.2 Å². The first kappa shape index (κ1) is 17.3. The molecule has 136 valence electrons. The van der Waals surface area contributed by atoms with E-state index in [9.17, 15) is 0 Å². The van der Waals surface area contributed by atoms with Crippen LogP contribution >= 0.6 is 0 Å². The zero-order valence-corrected chi connectivity index (χ0v) is 15.8. The van der Waals surface area contributed by atoms with Crippen LogP contribution in [-0.2, 0) is 12.0 Å². The van der Waals surface area contributed by atoms with E-state index >= 15 is 0 Å². The van der Waals surface area contributed by atoms with E-state index in [1.165, 1.54) is 5.56 Å². The molecule has 0 fully saturated rings. The molecular weight excluding hydrogens is 336 g/mol. The first-order chi connectivity index (χ1) is 13.0. The molecule has 0 aliphatic heterocycles. The normalized spacial score (nSPS) is 11.7. The van der Waals surface area contributed by atoms with Gasteiger partial charge in [0, 0.05) is 10.9 Å². The van der Waals surface area contributed by atoms with Crippen LogP contribution in [0.4, 0.5) is 0 Å². The lowest BCUT2D eigenvalue weighted by Crippen LogP contribution is -2.10. The zero-order valence-electron chi connectivity index (χ0n) is 15.8. The second-order valence-electron chi connectivity index (χ2n) is 7.59. The number of ether oxygens (including phenoxy) is 1. The SMILES string of the molecule is CC(C)(C)c1ccc(-c2nnc(COc3cccc4ccccc34)o2)cc1. The summed E-state index contributed by atoms with van der Waals surface area (Å²) in [6.07, 6.45) is 0. The molecule has 0 unspecified atom stereocenters. The van der Waals surface area contributed by atoms with Gasteiger partial charge in [-0.25, -0.2) is 0 Å². The van der Waals surface area contributed by atoms with E-state index in [-0.39, 0.29) is 12.0 Å². The molecule has 4 heteroatoms. The van der Waals surface area contributed by atoms with Crippen LogP contribution in [0.3, 0.4) is 0 Å². The molecule has 4 nitrogen and oxygen atoms in total. The number of aromatic nitrogens is 2. The second-order valence-corrected chi connectivity index (χ2v) is 7.59. The molecule has 0 atom stereocenters. The summed E-state index contributed by atoms with van der Waals surface area (Å²) in [6, 6.07) is 22.4. The van der Waals surface area contributed by atoms with Gasteiger partial charge in [0.15, 0.2) is 6.61 Å². The van der Waals surface area contributed by atoms with Gasteiger partial charge in [-0.2, -0.15) is 0 Å². The summed E-state index contributed by atoms with van der Waals surface area (Å²) < 4.78 is 11.7. The monoisotopic (exact) mass is 358 g/mol. The molecule has 4 aromatic rings. The van der Waals surface area contributed by atoms with Crippen molar-refractivity contribution in [1.29, 1.82) is 0 Å². The lowest BCUT2D eigenvalue weighted by Gasteiger charge is -2.18. The smallest absolute Gasteiger partial charge is 0.254 e. The Bertz CT molecular complexity index is 1050. The van der Waals surface area contributed by atoms with Gasteiger partial charge in [0.25, 0.3) is 5.89 Å². The van der Waals surface area contributed by atoms with E-state index in [4.69, 9.17) is 9.15 Å². The van der Waals surface area contributed by atoms with Gasteiger partial charge in [-0.3, -0.25) is 0 Å². The fourth-order valence-corrected chi connectivity index (χ4v) is 3.00. The highest BCUT2D eigenvalue weighted by Crippen LogP contribution is 2.27. The number of nitrogens with zero attached hydrogens (tertiary/aromatic N) is 2.